The summed E-state index contributed by atoms with van der Waals surface area (Å²) in [5.74, 6) is 0. The molecule has 4 nitrogen and oxygen atoms in total. The Bertz CT molecular complexity index is 99.6. The van der Waals surface area contributed by atoms with Crippen LogP contribution in [0.25, 0.3) is 0 Å². The van der Waals surface area contributed by atoms with Crippen LogP contribution in [-0.4, -0.2) is 35.7 Å². The molecule has 0 aromatic heterocycles. The number of nitrogens with two attached hydrogens (primary N) is 1. The minimum absolute atomic E-state index is 0. The molecular formula is C5H13ClN2O2. The molecule has 1 amide bonds. The summed E-state index contributed by atoms with van der Waals surface area (Å²) in [6.07, 6.45) is -0.900. The highest BCUT2D eigenvalue weighted by Gasteiger charge is 2.05. The van der Waals surface area contributed by atoms with Crippen LogP contribution in [0.4, 0.5) is 4.79 Å². The van der Waals surface area contributed by atoms with E-state index in [0.717, 1.165) is 0 Å². The van der Waals surface area contributed by atoms with E-state index < -0.39 is 6.09 Å². The molecular weight excluding hydrogens is 156 g/mol. The van der Waals surface area contributed by atoms with Crippen LogP contribution >= 0.6 is 12.4 Å². The van der Waals surface area contributed by atoms with E-state index in [-0.39, 0.29) is 12.4 Å². The zero-order valence-electron chi connectivity index (χ0n) is 5.91. The SMILES string of the molecule is CCN(CCN)C(=O)O.Cl. The average molecular weight is 169 g/mol. The summed E-state index contributed by atoms with van der Waals surface area (Å²) in [5, 5.41) is 8.37. The first-order valence-corrected chi connectivity index (χ1v) is 2.90. The summed E-state index contributed by atoms with van der Waals surface area (Å²) in [7, 11) is 0. The summed E-state index contributed by atoms with van der Waals surface area (Å²) in [5.41, 5.74) is 5.14. The fourth-order valence-electron chi connectivity index (χ4n) is 0.545. The maximum Gasteiger partial charge on any atom is 0.407 e. The maximum atomic E-state index is 10.2. The van der Waals surface area contributed by atoms with Crippen molar-refractivity contribution >= 4 is 18.5 Å². The average Bonchev–Trinajstić information content (AvgIpc) is 1.82. The third kappa shape index (κ3) is 4.40. The van der Waals surface area contributed by atoms with Gasteiger partial charge in [0, 0.05) is 19.6 Å². The molecule has 0 unspecified atom stereocenters. The lowest BCUT2D eigenvalue weighted by molar-refractivity contribution is 0.149. The normalized spacial score (nSPS) is 8.20. The van der Waals surface area contributed by atoms with Crippen molar-refractivity contribution in [3.8, 4) is 0 Å². The van der Waals surface area contributed by atoms with Crippen molar-refractivity contribution in [3.63, 3.8) is 0 Å². The molecule has 0 saturated carbocycles. The van der Waals surface area contributed by atoms with Gasteiger partial charge in [-0.15, -0.1) is 12.4 Å². The lowest BCUT2D eigenvalue weighted by Gasteiger charge is -2.14. The molecule has 0 rings (SSSR count). The van der Waals surface area contributed by atoms with E-state index in [1.807, 2.05) is 0 Å². The predicted molar refractivity (Wildman–Crippen MR) is 41.6 cm³/mol. The maximum absolute atomic E-state index is 10.2. The Morgan fingerprint density at radius 3 is 2.30 bits per heavy atom. The zero-order valence-corrected chi connectivity index (χ0v) is 6.73. The summed E-state index contributed by atoms with van der Waals surface area (Å²) in [6, 6.07) is 0. The van der Waals surface area contributed by atoms with E-state index in [0.29, 0.717) is 19.6 Å². The molecule has 0 radical (unpaired) electrons. The van der Waals surface area contributed by atoms with E-state index in [1.54, 1.807) is 6.92 Å². The third-order valence-corrected chi connectivity index (χ3v) is 1.05. The monoisotopic (exact) mass is 168 g/mol. The van der Waals surface area contributed by atoms with Gasteiger partial charge in [-0.25, -0.2) is 4.79 Å². The molecule has 0 aromatic rings. The van der Waals surface area contributed by atoms with Gasteiger partial charge >= 0.3 is 6.09 Å². The van der Waals surface area contributed by atoms with Crippen LogP contribution < -0.4 is 5.73 Å². The molecule has 0 aliphatic rings. The second-order valence-electron chi connectivity index (χ2n) is 1.65. The fraction of sp³-hybridized carbons (Fsp3) is 0.800. The van der Waals surface area contributed by atoms with E-state index in [1.165, 1.54) is 4.90 Å². The summed E-state index contributed by atoms with van der Waals surface area (Å²) >= 11 is 0. The van der Waals surface area contributed by atoms with Crippen LogP contribution in [0.15, 0.2) is 0 Å². The highest BCUT2D eigenvalue weighted by Crippen LogP contribution is 1.84. The smallest absolute Gasteiger partial charge is 0.407 e. The lowest BCUT2D eigenvalue weighted by Crippen LogP contribution is -2.33. The number of hydrogen-bond acceptors (Lipinski definition) is 2. The lowest BCUT2D eigenvalue weighted by atomic mass is 10.5. The van der Waals surface area contributed by atoms with Crippen molar-refractivity contribution in [2.45, 2.75) is 6.92 Å². The molecule has 5 heteroatoms. The Kier molecular flexibility index (Phi) is 8.11. The Morgan fingerprint density at radius 1 is 1.70 bits per heavy atom. The molecule has 0 aromatic carbocycles. The van der Waals surface area contributed by atoms with Gasteiger partial charge < -0.3 is 15.7 Å². The van der Waals surface area contributed by atoms with E-state index in [4.69, 9.17) is 10.8 Å². The summed E-state index contributed by atoms with van der Waals surface area (Å²) in [6.45, 7) is 3.10. The van der Waals surface area contributed by atoms with Crippen LogP contribution in [0.5, 0.6) is 0 Å². The van der Waals surface area contributed by atoms with Gasteiger partial charge in [0.1, 0.15) is 0 Å². The van der Waals surface area contributed by atoms with Crippen LogP contribution in [-0.2, 0) is 0 Å². The van der Waals surface area contributed by atoms with Crippen molar-refractivity contribution < 1.29 is 9.90 Å². The fourth-order valence-corrected chi connectivity index (χ4v) is 0.545. The molecule has 62 valence electrons. The van der Waals surface area contributed by atoms with Gasteiger partial charge in [0.25, 0.3) is 0 Å². The Morgan fingerprint density at radius 2 is 2.20 bits per heavy atom. The molecule has 0 aliphatic carbocycles. The Balaban J connectivity index is 0. The van der Waals surface area contributed by atoms with Gasteiger partial charge in [-0.2, -0.15) is 0 Å². The number of halogens is 1. The first kappa shape index (κ1) is 12.2. The molecule has 0 spiro atoms. The first-order valence-electron chi connectivity index (χ1n) is 2.90. The molecule has 0 fully saturated rings. The summed E-state index contributed by atoms with van der Waals surface area (Å²) < 4.78 is 0. The van der Waals surface area contributed by atoms with Gasteiger partial charge in [0.15, 0.2) is 0 Å². The van der Waals surface area contributed by atoms with Crippen LogP contribution in [0.1, 0.15) is 6.92 Å². The highest BCUT2D eigenvalue weighted by molar-refractivity contribution is 5.85. The van der Waals surface area contributed by atoms with Crippen molar-refractivity contribution in [1.29, 1.82) is 0 Å². The van der Waals surface area contributed by atoms with Gasteiger partial charge in [0.05, 0.1) is 0 Å². The molecule has 0 atom stereocenters. The van der Waals surface area contributed by atoms with Crippen LogP contribution in [0, 0.1) is 0 Å². The molecule has 0 heterocycles. The number of amides is 1. The number of nitrogens with zero attached hydrogens (tertiary/aromatic N) is 1. The molecule has 0 saturated heterocycles. The number of carbonyl (C=O) groups is 1. The van der Waals surface area contributed by atoms with Gasteiger partial charge in [-0.05, 0) is 6.92 Å². The zero-order chi connectivity index (χ0) is 7.28. The van der Waals surface area contributed by atoms with E-state index >= 15 is 0 Å². The summed E-state index contributed by atoms with van der Waals surface area (Å²) in [4.78, 5) is 11.5. The topological polar surface area (TPSA) is 66.6 Å². The van der Waals surface area contributed by atoms with Crippen molar-refractivity contribution in [2.24, 2.45) is 5.73 Å². The second kappa shape index (κ2) is 6.64. The van der Waals surface area contributed by atoms with E-state index in [2.05, 4.69) is 0 Å². The number of hydrogen-bond donors (Lipinski definition) is 2. The minimum atomic E-state index is -0.900. The molecule has 10 heavy (non-hydrogen) atoms. The predicted octanol–water partition coefficient (Wildman–Crippen LogP) is 0.367. The molecule has 3 N–H and O–H groups in total. The Hall–Kier alpha value is -0.480. The van der Waals surface area contributed by atoms with Crippen molar-refractivity contribution in [2.75, 3.05) is 19.6 Å². The Labute approximate surface area is 66.4 Å². The molecule has 0 bridgehead atoms. The van der Waals surface area contributed by atoms with Gasteiger partial charge in [-0.1, -0.05) is 0 Å². The molecule has 0 aliphatic heterocycles. The van der Waals surface area contributed by atoms with E-state index in [9.17, 15) is 4.79 Å². The largest absolute Gasteiger partial charge is 0.465 e. The van der Waals surface area contributed by atoms with Crippen LogP contribution in [0.2, 0.25) is 0 Å². The number of rotatable bonds is 3. The quantitative estimate of drug-likeness (QED) is 0.640. The van der Waals surface area contributed by atoms with Crippen LogP contribution in [0.3, 0.4) is 0 Å². The van der Waals surface area contributed by atoms with Gasteiger partial charge in [0.2, 0.25) is 0 Å². The third-order valence-electron chi connectivity index (χ3n) is 1.05. The van der Waals surface area contributed by atoms with Gasteiger partial charge in [-0.3, -0.25) is 0 Å². The second-order valence-corrected chi connectivity index (χ2v) is 1.65. The number of carboxylic acid groups (broad SMARTS) is 1. The van der Waals surface area contributed by atoms with Crippen molar-refractivity contribution in [3.05, 3.63) is 0 Å². The number of likely N-dealkylation sites (N-methyl/N-ethyl adjacent to an activating group) is 1. The first-order chi connectivity index (χ1) is 4.22. The standard InChI is InChI=1S/C5H12N2O2.ClH/c1-2-7(4-3-6)5(8)9;/h2-4,6H2,1H3,(H,8,9);1H. The minimum Gasteiger partial charge on any atom is -0.465 e. The van der Waals surface area contributed by atoms with Crippen molar-refractivity contribution in [1.82, 2.24) is 4.90 Å². The highest BCUT2D eigenvalue weighted by atomic mass is 35.5.